The molecule has 0 aliphatic rings. The van der Waals surface area contributed by atoms with Crippen molar-refractivity contribution >= 4 is 49.6 Å². The predicted molar refractivity (Wildman–Crippen MR) is 107 cm³/mol. The van der Waals surface area contributed by atoms with Crippen LogP contribution in [0.3, 0.4) is 0 Å². The summed E-state index contributed by atoms with van der Waals surface area (Å²) in [5, 5.41) is 6.55. The van der Waals surface area contributed by atoms with Gasteiger partial charge in [0, 0.05) is 16.7 Å². The van der Waals surface area contributed by atoms with Crippen molar-refractivity contribution in [3.8, 4) is 10.6 Å². The Morgan fingerprint density at radius 2 is 1.69 bits per heavy atom. The number of ketones is 1. The van der Waals surface area contributed by atoms with Gasteiger partial charge in [-0.1, -0.05) is 24.3 Å². The van der Waals surface area contributed by atoms with Crippen molar-refractivity contribution < 1.29 is 9.59 Å². The van der Waals surface area contributed by atoms with Crippen LogP contribution in [0.2, 0.25) is 0 Å². The number of carbonyl (C=O) groups is 2. The second-order valence-corrected chi connectivity index (χ2v) is 7.68. The summed E-state index contributed by atoms with van der Waals surface area (Å²) in [6.07, 6.45) is 0. The van der Waals surface area contributed by atoms with Gasteiger partial charge in [-0.3, -0.25) is 9.59 Å². The monoisotopic (exact) mass is 378 g/mol. The van der Waals surface area contributed by atoms with E-state index in [1.807, 2.05) is 35.7 Å². The van der Waals surface area contributed by atoms with Crippen molar-refractivity contribution in [2.75, 3.05) is 5.32 Å². The van der Waals surface area contributed by atoms with E-state index in [4.69, 9.17) is 0 Å². The lowest BCUT2D eigenvalue weighted by atomic mass is 10.1. The van der Waals surface area contributed by atoms with Crippen LogP contribution in [-0.4, -0.2) is 16.7 Å². The molecule has 26 heavy (non-hydrogen) atoms. The maximum atomic E-state index is 12.5. The number of benzene rings is 2. The Bertz CT molecular complexity index is 1080. The lowest BCUT2D eigenvalue weighted by molar-refractivity contribution is 0.101. The molecule has 0 fully saturated rings. The number of anilines is 1. The first-order valence-corrected chi connectivity index (χ1v) is 9.67. The third kappa shape index (κ3) is 3.16. The average molecular weight is 378 g/mol. The number of hydrogen-bond donors (Lipinski definition) is 1. The van der Waals surface area contributed by atoms with Crippen LogP contribution in [0.4, 0.5) is 5.00 Å². The Kier molecular flexibility index (Phi) is 4.36. The highest BCUT2D eigenvalue weighted by Crippen LogP contribution is 2.37. The van der Waals surface area contributed by atoms with E-state index in [1.165, 1.54) is 18.3 Å². The molecule has 0 spiro atoms. The molecule has 0 saturated carbocycles. The molecule has 2 aromatic heterocycles. The molecule has 0 saturated heterocycles. The van der Waals surface area contributed by atoms with E-state index >= 15 is 0 Å². The Morgan fingerprint density at radius 3 is 2.42 bits per heavy atom. The van der Waals surface area contributed by atoms with Crippen LogP contribution in [-0.2, 0) is 0 Å². The Labute approximate surface area is 158 Å². The lowest BCUT2D eigenvalue weighted by Crippen LogP contribution is -2.11. The van der Waals surface area contributed by atoms with Crippen molar-refractivity contribution in [2.24, 2.45) is 0 Å². The zero-order valence-electron chi connectivity index (χ0n) is 13.9. The van der Waals surface area contributed by atoms with Crippen LogP contribution in [0.5, 0.6) is 0 Å². The van der Waals surface area contributed by atoms with E-state index in [0.29, 0.717) is 11.1 Å². The van der Waals surface area contributed by atoms with Crippen LogP contribution in [0.25, 0.3) is 20.8 Å². The quantitative estimate of drug-likeness (QED) is 0.478. The molecule has 4 nitrogen and oxygen atoms in total. The molecule has 2 heterocycles. The number of Topliss-reactive ketones (excluding diaryl/α,β-unsaturated/α-hetero) is 1. The zero-order valence-corrected chi connectivity index (χ0v) is 15.5. The first-order valence-electron chi connectivity index (χ1n) is 7.97. The number of hydrogen-bond acceptors (Lipinski definition) is 5. The summed E-state index contributed by atoms with van der Waals surface area (Å²) < 4.78 is 1.12. The first kappa shape index (κ1) is 16.6. The summed E-state index contributed by atoms with van der Waals surface area (Å²) in [6.45, 7) is 1.50. The maximum absolute atomic E-state index is 12.5. The molecule has 2 aromatic carbocycles. The topological polar surface area (TPSA) is 59.1 Å². The molecular formula is C20H14N2O2S2. The van der Waals surface area contributed by atoms with Gasteiger partial charge in [-0.2, -0.15) is 0 Å². The molecule has 128 valence electrons. The molecule has 1 N–H and O–H groups in total. The van der Waals surface area contributed by atoms with Crippen LogP contribution in [0, 0.1) is 0 Å². The number of thiazole rings is 1. The van der Waals surface area contributed by atoms with Crippen LogP contribution in [0.15, 0.2) is 60.0 Å². The first-order chi connectivity index (χ1) is 12.6. The fourth-order valence-electron chi connectivity index (χ4n) is 2.59. The van der Waals surface area contributed by atoms with Gasteiger partial charge in [-0.05, 0) is 42.6 Å². The molecule has 0 unspecified atom stereocenters. The van der Waals surface area contributed by atoms with E-state index in [1.54, 1.807) is 35.6 Å². The highest BCUT2D eigenvalue weighted by molar-refractivity contribution is 7.22. The summed E-state index contributed by atoms with van der Waals surface area (Å²) >= 11 is 3.07. The highest BCUT2D eigenvalue weighted by atomic mass is 32.1. The summed E-state index contributed by atoms with van der Waals surface area (Å²) in [4.78, 5) is 28.6. The Balaban J connectivity index is 1.60. The normalized spacial score (nSPS) is 10.8. The number of fused-ring (bicyclic) bond motifs is 1. The average Bonchev–Trinajstić information content (AvgIpc) is 3.27. The molecule has 6 heteroatoms. The molecular weight excluding hydrogens is 364 g/mol. The second-order valence-electron chi connectivity index (χ2n) is 5.74. The van der Waals surface area contributed by atoms with E-state index in [0.717, 1.165) is 25.8 Å². The molecule has 0 bridgehead atoms. The Hall–Kier alpha value is -2.83. The fraction of sp³-hybridized carbons (Fsp3) is 0.0500. The van der Waals surface area contributed by atoms with Gasteiger partial charge in [0.15, 0.2) is 5.78 Å². The SMILES string of the molecule is CC(=O)c1ccc(C(=O)Nc2sccc2-c2nc3ccccc3s2)cc1. The van der Waals surface area contributed by atoms with E-state index in [9.17, 15) is 9.59 Å². The van der Waals surface area contributed by atoms with E-state index in [2.05, 4.69) is 10.3 Å². The zero-order chi connectivity index (χ0) is 18.1. The summed E-state index contributed by atoms with van der Waals surface area (Å²) in [5.41, 5.74) is 2.98. The van der Waals surface area contributed by atoms with Gasteiger partial charge in [0.05, 0.1) is 10.2 Å². The molecule has 4 aromatic rings. The molecule has 0 aliphatic heterocycles. The number of para-hydroxylation sites is 1. The third-order valence-corrected chi connectivity index (χ3v) is 5.87. The summed E-state index contributed by atoms with van der Waals surface area (Å²) in [6, 6.07) is 16.6. The van der Waals surface area contributed by atoms with Crippen LogP contribution < -0.4 is 5.32 Å². The van der Waals surface area contributed by atoms with Gasteiger partial charge in [0.2, 0.25) is 0 Å². The number of nitrogens with one attached hydrogen (secondary N) is 1. The van der Waals surface area contributed by atoms with Gasteiger partial charge in [-0.25, -0.2) is 4.98 Å². The predicted octanol–water partition coefficient (Wildman–Crippen LogP) is 5.48. The van der Waals surface area contributed by atoms with Gasteiger partial charge in [0.25, 0.3) is 5.91 Å². The number of aromatic nitrogens is 1. The summed E-state index contributed by atoms with van der Waals surface area (Å²) in [5.74, 6) is -0.224. The molecule has 0 atom stereocenters. The summed E-state index contributed by atoms with van der Waals surface area (Å²) in [7, 11) is 0. The lowest BCUT2D eigenvalue weighted by Gasteiger charge is -2.05. The molecule has 4 rings (SSSR count). The highest BCUT2D eigenvalue weighted by Gasteiger charge is 2.15. The fourth-order valence-corrected chi connectivity index (χ4v) is 4.44. The third-order valence-electron chi connectivity index (χ3n) is 3.97. The number of carbonyl (C=O) groups excluding carboxylic acids is 2. The Morgan fingerprint density at radius 1 is 0.962 bits per heavy atom. The van der Waals surface area contributed by atoms with E-state index in [-0.39, 0.29) is 11.7 Å². The molecule has 0 aliphatic carbocycles. The molecule has 1 amide bonds. The van der Waals surface area contributed by atoms with Crippen LogP contribution >= 0.6 is 22.7 Å². The van der Waals surface area contributed by atoms with E-state index < -0.39 is 0 Å². The van der Waals surface area contributed by atoms with Crippen molar-refractivity contribution in [1.29, 1.82) is 0 Å². The number of thiophene rings is 1. The number of nitrogens with zero attached hydrogens (tertiary/aromatic N) is 1. The van der Waals surface area contributed by atoms with Gasteiger partial charge in [-0.15, -0.1) is 22.7 Å². The molecule has 0 radical (unpaired) electrons. The van der Waals surface area contributed by atoms with Gasteiger partial charge >= 0.3 is 0 Å². The smallest absolute Gasteiger partial charge is 0.256 e. The number of rotatable bonds is 4. The van der Waals surface area contributed by atoms with Crippen LogP contribution in [0.1, 0.15) is 27.6 Å². The second kappa shape index (κ2) is 6.82. The minimum Gasteiger partial charge on any atom is -0.313 e. The van der Waals surface area contributed by atoms with Crippen molar-refractivity contribution in [3.05, 3.63) is 71.1 Å². The van der Waals surface area contributed by atoms with Gasteiger partial charge in [0.1, 0.15) is 10.0 Å². The number of amides is 1. The largest absolute Gasteiger partial charge is 0.313 e. The standard InChI is InChI=1S/C20H14N2O2S2/c1-12(23)13-6-8-14(9-7-13)18(24)22-19-15(10-11-25-19)20-21-16-4-2-3-5-17(16)26-20/h2-11H,1H3,(H,22,24). The maximum Gasteiger partial charge on any atom is 0.256 e. The van der Waals surface area contributed by atoms with Crippen molar-refractivity contribution in [3.63, 3.8) is 0 Å². The minimum atomic E-state index is -0.204. The van der Waals surface area contributed by atoms with Crippen molar-refractivity contribution in [2.45, 2.75) is 6.92 Å². The minimum absolute atomic E-state index is 0.0201. The van der Waals surface area contributed by atoms with Gasteiger partial charge < -0.3 is 5.32 Å². The van der Waals surface area contributed by atoms with Crippen molar-refractivity contribution in [1.82, 2.24) is 4.98 Å².